The highest BCUT2D eigenvalue weighted by atomic mass is 16.1. The van der Waals surface area contributed by atoms with E-state index in [1.807, 2.05) is 0 Å². The number of H-pyrrole nitrogens is 1. The Balaban J connectivity index is 2.54. The van der Waals surface area contributed by atoms with Gasteiger partial charge in [0.05, 0.1) is 0 Å². The van der Waals surface area contributed by atoms with Crippen molar-refractivity contribution in [2.75, 3.05) is 0 Å². The largest absolute Gasteiger partial charge is 0.369 e. The van der Waals surface area contributed by atoms with Crippen LogP contribution in [0.25, 0.3) is 11.5 Å². The topological polar surface area (TPSA) is 97.6 Å². The summed E-state index contributed by atoms with van der Waals surface area (Å²) in [5, 5.41) is 0. The van der Waals surface area contributed by atoms with E-state index in [2.05, 4.69) is 19.9 Å². The number of primary amides is 1. The Morgan fingerprint density at radius 3 is 2.87 bits per heavy atom. The summed E-state index contributed by atoms with van der Waals surface area (Å²) in [7, 11) is 0. The smallest absolute Gasteiger partial charge is 0.230 e. The molecule has 6 nitrogen and oxygen atoms in total. The number of nitrogens with zero attached hydrogens (tertiary/aromatic N) is 3. The average molecular weight is 205 g/mol. The first-order valence-electron chi connectivity index (χ1n) is 4.48. The van der Waals surface area contributed by atoms with Crippen molar-refractivity contribution in [3.63, 3.8) is 0 Å². The summed E-state index contributed by atoms with van der Waals surface area (Å²) in [5.41, 5.74) is 5.11. The van der Waals surface area contributed by atoms with E-state index in [-0.39, 0.29) is 0 Å². The highest BCUT2D eigenvalue weighted by Gasteiger charge is 2.30. The second-order valence-electron chi connectivity index (χ2n) is 3.82. The lowest BCUT2D eigenvalue weighted by Gasteiger charge is -2.19. The maximum Gasteiger partial charge on any atom is 0.230 e. The predicted octanol–water partition coefficient (Wildman–Crippen LogP) is 0.0674. The number of amides is 1. The van der Waals surface area contributed by atoms with E-state index in [1.165, 1.54) is 6.33 Å². The Morgan fingerprint density at radius 1 is 1.47 bits per heavy atom. The summed E-state index contributed by atoms with van der Waals surface area (Å²) >= 11 is 0. The Morgan fingerprint density at radius 2 is 2.20 bits per heavy atom. The molecule has 0 aromatic heterocycles. The minimum absolute atomic E-state index is 0.440. The fraction of sp³-hybridized carbons (Fsp3) is 0.333. The van der Waals surface area contributed by atoms with Gasteiger partial charge in [-0.25, -0.2) is 15.0 Å². The first-order chi connectivity index (χ1) is 7.01. The van der Waals surface area contributed by atoms with E-state index in [1.54, 1.807) is 20.0 Å². The molecule has 78 valence electrons. The van der Waals surface area contributed by atoms with Crippen LogP contribution < -0.4 is 5.73 Å². The summed E-state index contributed by atoms with van der Waals surface area (Å²) in [5.74, 6) is 0.561. The van der Waals surface area contributed by atoms with Gasteiger partial charge in [0.1, 0.15) is 23.3 Å². The Kier molecular flexibility index (Phi) is 1.92. The molecule has 0 fully saturated rings. The van der Waals surface area contributed by atoms with Gasteiger partial charge in [0, 0.05) is 6.20 Å². The minimum Gasteiger partial charge on any atom is -0.369 e. The third-order valence-corrected chi connectivity index (χ3v) is 2.38. The zero-order chi connectivity index (χ0) is 11.1. The summed E-state index contributed by atoms with van der Waals surface area (Å²) in [6, 6.07) is 0. The number of aromatic nitrogens is 4. The van der Waals surface area contributed by atoms with Crippen LogP contribution >= 0.6 is 0 Å². The Bertz CT molecular complexity index is 475. The monoisotopic (exact) mass is 205 g/mol. The molecule has 6 heteroatoms. The number of nitrogens with one attached hydrogen (secondary N) is 1. The predicted molar refractivity (Wildman–Crippen MR) is 53.0 cm³/mol. The second kappa shape index (κ2) is 3.01. The first-order valence-corrected chi connectivity index (χ1v) is 4.48. The second-order valence-corrected chi connectivity index (χ2v) is 3.82. The summed E-state index contributed by atoms with van der Waals surface area (Å²) in [6.07, 6.45) is 3.09. The van der Waals surface area contributed by atoms with Crippen molar-refractivity contribution in [1.29, 1.82) is 0 Å². The minimum atomic E-state index is -0.840. The maximum atomic E-state index is 11.2. The summed E-state index contributed by atoms with van der Waals surface area (Å²) < 4.78 is 0. The molecule has 2 heterocycles. The molecular formula is C9H11N5O. The normalized spacial score (nSPS) is 11.9. The average Bonchev–Trinajstić information content (AvgIpc) is 2.63. The molecule has 0 saturated heterocycles. The van der Waals surface area contributed by atoms with Crippen LogP contribution in [0.15, 0.2) is 12.5 Å². The van der Waals surface area contributed by atoms with Crippen LogP contribution in [-0.2, 0) is 10.2 Å². The molecule has 2 aliphatic rings. The van der Waals surface area contributed by atoms with Gasteiger partial charge in [-0.2, -0.15) is 0 Å². The van der Waals surface area contributed by atoms with Crippen LogP contribution in [-0.4, -0.2) is 25.8 Å². The van der Waals surface area contributed by atoms with E-state index >= 15 is 0 Å². The van der Waals surface area contributed by atoms with Gasteiger partial charge >= 0.3 is 0 Å². The van der Waals surface area contributed by atoms with E-state index in [9.17, 15) is 4.79 Å². The van der Waals surface area contributed by atoms with Crippen LogP contribution in [0.1, 0.15) is 19.7 Å². The molecule has 0 radical (unpaired) electrons. The molecule has 0 aliphatic carbocycles. The lowest BCUT2D eigenvalue weighted by atomic mass is 9.91. The molecule has 1 amide bonds. The van der Waals surface area contributed by atoms with Crippen molar-refractivity contribution in [3.8, 4) is 11.5 Å². The van der Waals surface area contributed by atoms with Gasteiger partial charge in [0.25, 0.3) is 0 Å². The lowest BCUT2D eigenvalue weighted by molar-refractivity contribution is -0.122. The van der Waals surface area contributed by atoms with Gasteiger partial charge in [-0.05, 0) is 13.8 Å². The molecule has 2 rings (SSSR count). The Labute approximate surface area is 86.3 Å². The molecule has 15 heavy (non-hydrogen) atoms. The number of hydrogen-bond acceptors (Lipinski definition) is 4. The Hall–Kier alpha value is -1.98. The molecule has 0 aromatic carbocycles. The van der Waals surface area contributed by atoms with E-state index in [4.69, 9.17) is 5.73 Å². The van der Waals surface area contributed by atoms with Gasteiger partial charge in [-0.1, -0.05) is 0 Å². The summed E-state index contributed by atoms with van der Waals surface area (Å²) in [4.78, 5) is 26.2. The van der Waals surface area contributed by atoms with Crippen LogP contribution in [0.4, 0.5) is 0 Å². The number of nitrogens with two attached hydrogens (primary N) is 1. The van der Waals surface area contributed by atoms with Crippen molar-refractivity contribution < 1.29 is 4.79 Å². The van der Waals surface area contributed by atoms with Gasteiger partial charge in [-0.15, -0.1) is 0 Å². The van der Waals surface area contributed by atoms with Gasteiger partial charge in [-0.3, -0.25) is 4.79 Å². The number of carbonyl (C=O) groups is 1. The number of aromatic amines is 1. The lowest BCUT2D eigenvalue weighted by Crippen LogP contribution is -2.37. The number of carbonyl (C=O) groups excluding carboxylic acids is 1. The molecule has 0 bridgehead atoms. The molecule has 0 spiro atoms. The third-order valence-electron chi connectivity index (χ3n) is 2.38. The molecular weight excluding hydrogens is 194 g/mol. The molecule has 0 saturated carbocycles. The van der Waals surface area contributed by atoms with Crippen LogP contribution in [0, 0.1) is 0 Å². The van der Waals surface area contributed by atoms with Gasteiger partial charge in [0.15, 0.2) is 5.82 Å². The van der Waals surface area contributed by atoms with Gasteiger partial charge < -0.3 is 10.7 Å². The molecule has 2 aliphatic heterocycles. The highest BCUT2D eigenvalue weighted by Crippen LogP contribution is 2.21. The van der Waals surface area contributed by atoms with E-state index < -0.39 is 11.3 Å². The van der Waals surface area contributed by atoms with Crippen molar-refractivity contribution in [3.05, 3.63) is 18.3 Å². The fourth-order valence-electron chi connectivity index (χ4n) is 1.17. The highest BCUT2D eigenvalue weighted by molar-refractivity contribution is 5.84. The number of fused-ring (bicyclic) bond motifs is 1. The molecule has 0 atom stereocenters. The first kappa shape index (κ1) is 9.57. The number of imidazole rings is 1. The summed E-state index contributed by atoms with van der Waals surface area (Å²) in [6.45, 7) is 3.41. The van der Waals surface area contributed by atoms with Crippen molar-refractivity contribution in [1.82, 2.24) is 19.9 Å². The van der Waals surface area contributed by atoms with Crippen LogP contribution in [0.5, 0.6) is 0 Å². The molecule has 0 aromatic rings. The SMILES string of the molecule is CC(C)(C(N)=O)c1nc2ncnc-2c[nH]1. The molecule has 0 unspecified atom stereocenters. The maximum absolute atomic E-state index is 11.2. The number of rotatable bonds is 2. The van der Waals surface area contributed by atoms with Crippen molar-refractivity contribution >= 4 is 5.91 Å². The number of hydrogen-bond donors (Lipinski definition) is 2. The fourth-order valence-corrected chi connectivity index (χ4v) is 1.17. The van der Waals surface area contributed by atoms with Crippen molar-refractivity contribution in [2.24, 2.45) is 5.73 Å². The third kappa shape index (κ3) is 1.43. The van der Waals surface area contributed by atoms with Crippen LogP contribution in [0.2, 0.25) is 0 Å². The zero-order valence-corrected chi connectivity index (χ0v) is 8.48. The van der Waals surface area contributed by atoms with E-state index in [0.717, 1.165) is 0 Å². The van der Waals surface area contributed by atoms with Crippen LogP contribution in [0.3, 0.4) is 0 Å². The zero-order valence-electron chi connectivity index (χ0n) is 8.48. The van der Waals surface area contributed by atoms with Gasteiger partial charge in [0.2, 0.25) is 5.91 Å². The quantitative estimate of drug-likeness (QED) is 0.724. The van der Waals surface area contributed by atoms with Crippen molar-refractivity contribution in [2.45, 2.75) is 19.3 Å². The molecule has 3 N–H and O–H groups in total. The van der Waals surface area contributed by atoms with E-state index in [0.29, 0.717) is 17.3 Å². The standard InChI is InChI=1S/C9H11N5O/c1-9(2,7(10)15)8-11-3-5-6(14-8)13-4-12-5/h3-4H,1-2H3,(H2,10,15)(H,11,12,13,14).